The molecule has 1 aliphatic heterocycles. The lowest BCUT2D eigenvalue weighted by molar-refractivity contribution is 0.185. The molecular weight excluding hydrogens is 350 g/mol. The van der Waals surface area contributed by atoms with Crippen molar-refractivity contribution in [2.75, 3.05) is 38.2 Å². The van der Waals surface area contributed by atoms with Gasteiger partial charge in [0.25, 0.3) is 0 Å². The topological polar surface area (TPSA) is 44.8 Å². The fraction of sp³-hybridized carbons (Fsp3) is 0.350. The van der Waals surface area contributed by atoms with E-state index in [1.54, 1.807) is 7.11 Å². The first kappa shape index (κ1) is 18.5. The van der Waals surface area contributed by atoms with Crippen molar-refractivity contribution >= 4 is 23.3 Å². The number of halogens is 1. The molecule has 0 spiro atoms. The SMILES string of the molecule is COCc1cccc(CNC(=O)N2CCN(c3cccc(Cl)c3)CC2)c1. The molecule has 26 heavy (non-hydrogen) atoms. The summed E-state index contributed by atoms with van der Waals surface area (Å²) in [6.45, 7) is 4.09. The Kier molecular flexibility index (Phi) is 6.36. The molecule has 1 aliphatic rings. The van der Waals surface area contributed by atoms with Crippen molar-refractivity contribution in [2.45, 2.75) is 13.2 Å². The van der Waals surface area contributed by atoms with E-state index in [0.29, 0.717) is 26.2 Å². The minimum Gasteiger partial charge on any atom is -0.380 e. The summed E-state index contributed by atoms with van der Waals surface area (Å²) in [5.41, 5.74) is 3.28. The smallest absolute Gasteiger partial charge is 0.317 e. The Morgan fingerprint density at radius 2 is 1.81 bits per heavy atom. The maximum Gasteiger partial charge on any atom is 0.317 e. The quantitative estimate of drug-likeness (QED) is 0.872. The maximum atomic E-state index is 12.4. The summed E-state index contributed by atoms with van der Waals surface area (Å²) in [6.07, 6.45) is 0. The van der Waals surface area contributed by atoms with Crippen LogP contribution in [-0.2, 0) is 17.9 Å². The van der Waals surface area contributed by atoms with Gasteiger partial charge in [-0.1, -0.05) is 41.9 Å². The first-order valence-corrected chi connectivity index (χ1v) is 9.13. The van der Waals surface area contributed by atoms with Crippen molar-refractivity contribution in [1.82, 2.24) is 10.2 Å². The summed E-state index contributed by atoms with van der Waals surface area (Å²) in [5, 5.41) is 3.74. The van der Waals surface area contributed by atoms with Crippen molar-refractivity contribution in [3.8, 4) is 0 Å². The summed E-state index contributed by atoms with van der Waals surface area (Å²) in [7, 11) is 1.68. The molecule has 0 aliphatic carbocycles. The minimum atomic E-state index is -0.0205. The van der Waals surface area contributed by atoms with Crippen molar-refractivity contribution < 1.29 is 9.53 Å². The number of benzene rings is 2. The predicted octanol–water partition coefficient (Wildman–Crippen LogP) is 3.52. The van der Waals surface area contributed by atoms with Crippen LogP contribution >= 0.6 is 11.6 Å². The van der Waals surface area contributed by atoms with Crippen LogP contribution in [0.3, 0.4) is 0 Å². The molecule has 0 saturated carbocycles. The predicted molar refractivity (Wildman–Crippen MR) is 105 cm³/mol. The van der Waals surface area contributed by atoms with Crippen LogP contribution in [0, 0.1) is 0 Å². The van der Waals surface area contributed by atoms with Gasteiger partial charge in [0, 0.05) is 50.5 Å². The maximum absolute atomic E-state index is 12.4. The van der Waals surface area contributed by atoms with Crippen molar-refractivity contribution in [3.05, 3.63) is 64.7 Å². The molecule has 1 N–H and O–H groups in total. The molecule has 2 aromatic rings. The van der Waals surface area contributed by atoms with Crippen LogP contribution in [0.5, 0.6) is 0 Å². The van der Waals surface area contributed by atoms with E-state index in [9.17, 15) is 4.79 Å². The monoisotopic (exact) mass is 373 g/mol. The third-order valence-electron chi connectivity index (χ3n) is 4.49. The minimum absolute atomic E-state index is 0.0205. The highest BCUT2D eigenvalue weighted by molar-refractivity contribution is 6.30. The Labute approximate surface area is 159 Å². The summed E-state index contributed by atoms with van der Waals surface area (Å²) in [5.74, 6) is 0. The van der Waals surface area contributed by atoms with E-state index < -0.39 is 0 Å². The van der Waals surface area contributed by atoms with Crippen LogP contribution in [-0.4, -0.2) is 44.2 Å². The molecule has 0 unspecified atom stereocenters. The number of amides is 2. The van der Waals surface area contributed by atoms with Gasteiger partial charge in [-0.2, -0.15) is 0 Å². The molecule has 1 saturated heterocycles. The molecule has 0 aromatic heterocycles. The van der Waals surface area contributed by atoms with E-state index in [4.69, 9.17) is 16.3 Å². The summed E-state index contributed by atoms with van der Waals surface area (Å²) in [4.78, 5) is 16.5. The number of hydrogen-bond donors (Lipinski definition) is 1. The highest BCUT2D eigenvalue weighted by Gasteiger charge is 2.21. The average Bonchev–Trinajstić information content (AvgIpc) is 2.67. The third-order valence-corrected chi connectivity index (χ3v) is 4.72. The van der Waals surface area contributed by atoms with Gasteiger partial charge in [0.2, 0.25) is 0 Å². The van der Waals surface area contributed by atoms with E-state index in [1.807, 2.05) is 41.3 Å². The molecule has 1 heterocycles. The number of methoxy groups -OCH3 is 1. The lowest BCUT2D eigenvalue weighted by atomic mass is 10.1. The van der Waals surface area contributed by atoms with Crippen LogP contribution in [0.25, 0.3) is 0 Å². The molecule has 0 radical (unpaired) electrons. The molecule has 1 fully saturated rings. The Hall–Kier alpha value is -2.24. The van der Waals surface area contributed by atoms with Gasteiger partial charge in [0.05, 0.1) is 6.61 Å². The van der Waals surface area contributed by atoms with Gasteiger partial charge in [-0.05, 0) is 29.3 Å². The van der Waals surface area contributed by atoms with Gasteiger partial charge in [-0.25, -0.2) is 4.79 Å². The fourth-order valence-corrected chi connectivity index (χ4v) is 3.31. The summed E-state index contributed by atoms with van der Waals surface area (Å²) in [6, 6.07) is 15.9. The number of hydrogen-bond acceptors (Lipinski definition) is 3. The van der Waals surface area contributed by atoms with Gasteiger partial charge < -0.3 is 19.9 Å². The molecule has 5 nitrogen and oxygen atoms in total. The number of piperazine rings is 1. The molecule has 2 aromatic carbocycles. The molecule has 2 amide bonds. The normalized spacial score (nSPS) is 14.4. The number of carbonyl (C=O) groups excluding carboxylic acids is 1. The first-order valence-electron chi connectivity index (χ1n) is 8.76. The van der Waals surface area contributed by atoms with Crippen LogP contribution in [0.15, 0.2) is 48.5 Å². The molecule has 6 heteroatoms. The van der Waals surface area contributed by atoms with Crippen molar-refractivity contribution in [2.24, 2.45) is 0 Å². The molecule has 3 rings (SSSR count). The highest BCUT2D eigenvalue weighted by Crippen LogP contribution is 2.20. The molecular formula is C20H24ClN3O2. The zero-order valence-corrected chi connectivity index (χ0v) is 15.7. The number of urea groups is 1. The first-order chi connectivity index (χ1) is 12.7. The van der Waals surface area contributed by atoms with Gasteiger partial charge in [-0.15, -0.1) is 0 Å². The van der Waals surface area contributed by atoms with E-state index in [0.717, 1.165) is 34.9 Å². The zero-order chi connectivity index (χ0) is 18.4. The summed E-state index contributed by atoms with van der Waals surface area (Å²) >= 11 is 6.06. The average molecular weight is 374 g/mol. The number of rotatable bonds is 5. The molecule has 138 valence electrons. The van der Waals surface area contributed by atoms with E-state index in [1.165, 1.54) is 0 Å². The lowest BCUT2D eigenvalue weighted by Gasteiger charge is -2.36. The van der Waals surface area contributed by atoms with Crippen LogP contribution < -0.4 is 10.2 Å². The Balaban J connectivity index is 1.48. The van der Waals surface area contributed by atoms with Crippen LogP contribution in [0.2, 0.25) is 5.02 Å². The van der Waals surface area contributed by atoms with E-state index in [2.05, 4.69) is 22.3 Å². The molecule has 0 bridgehead atoms. The second kappa shape index (κ2) is 8.92. The highest BCUT2D eigenvalue weighted by atomic mass is 35.5. The van der Waals surface area contributed by atoms with Crippen molar-refractivity contribution in [3.63, 3.8) is 0 Å². The third kappa shape index (κ3) is 4.90. The second-order valence-corrected chi connectivity index (χ2v) is 6.80. The Morgan fingerprint density at radius 3 is 2.54 bits per heavy atom. The Morgan fingerprint density at radius 1 is 1.08 bits per heavy atom. The second-order valence-electron chi connectivity index (χ2n) is 6.37. The zero-order valence-electron chi connectivity index (χ0n) is 15.0. The van der Waals surface area contributed by atoms with Crippen molar-refractivity contribution in [1.29, 1.82) is 0 Å². The Bertz CT molecular complexity index is 745. The van der Waals surface area contributed by atoms with Crippen LogP contribution in [0.1, 0.15) is 11.1 Å². The number of anilines is 1. The fourth-order valence-electron chi connectivity index (χ4n) is 3.13. The molecule has 0 atom stereocenters. The number of nitrogens with one attached hydrogen (secondary N) is 1. The van der Waals surface area contributed by atoms with Gasteiger partial charge in [0.15, 0.2) is 0 Å². The van der Waals surface area contributed by atoms with Gasteiger partial charge in [-0.3, -0.25) is 0 Å². The number of carbonyl (C=O) groups is 1. The standard InChI is InChI=1S/C20H24ClN3O2/c1-26-15-17-5-2-4-16(12-17)14-22-20(25)24-10-8-23(9-11-24)19-7-3-6-18(21)13-19/h2-7,12-13H,8-11,14-15H2,1H3,(H,22,25). The van der Waals surface area contributed by atoms with Crippen LogP contribution in [0.4, 0.5) is 10.5 Å². The van der Waals surface area contributed by atoms with E-state index >= 15 is 0 Å². The summed E-state index contributed by atoms with van der Waals surface area (Å²) < 4.78 is 5.15. The number of ether oxygens (including phenoxy) is 1. The van der Waals surface area contributed by atoms with Gasteiger partial charge >= 0.3 is 6.03 Å². The number of nitrogens with zero attached hydrogens (tertiary/aromatic N) is 2. The van der Waals surface area contributed by atoms with Gasteiger partial charge in [0.1, 0.15) is 0 Å². The van der Waals surface area contributed by atoms with E-state index in [-0.39, 0.29) is 6.03 Å². The largest absolute Gasteiger partial charge is 0.380 e. The lowest BCUT2D eigenvalue weighted by Crippen LogP contribution is -2.51.